The average Bonchev–Trinajstić information content (AvgIpc) is 2.88. The number of aliphatic hydroxyl groups excluding tert-OH is 1. The number of nitrogens with zero attached hydrogens (tertiary/aromatic N) is 1. The summed E-state index contributed by atoms with van der Waals surface area (Å²) in [5.41, 5.74) is 3.15. The van der Waals surface area contributed by atoms with Crippen LogP contribution in [0, 0.1) is 0 Å². The molecule has 0 bridgehead atoms. The van der Waals surface area contributed by atoms with Crippen LogP contribution in [-0.2, 0) is 5.41 Å². The van der Waals surface area contributed by atoms with Gasteiger partial charge in [0.2, 0.25) is 0 Å². The predicted octanol–water partition coefficient (Wildman–Crippen LogP) is 2.61. The van der Waals surface area contributed by atoms with Crippen molar-refractivity contribution in [1.29, 1.82) is 0 Å². The molecule has 2 heterocycles. The van der Waals surface area contributed by atoms with Gasteiger partial charge in [0.25, 0.3) is 0 Å². The van der Waals surface area contributed by atoms with Crippen LogP contribution in [0.25, 0.3) is 6.08 Å². The van der Waals surface area contributed by atoms with Crippen LogP contribution in [0.15, 0.2) is 30.3 Å². The van der Waals surface area contributed by atoms with Gasteiger partial charge in [0.1, 0.15) is 0 Å². The first-order chi connectivity index (χ1) is 10.3. The second kappa shape index (κ2) is 7.54. The highest BCUT2D eigenvalue weighted by molar-refractivity contribution is 5.85. The molecule has 0 aromatic heterocycles. The van der Waals surface area contributed by atoms with Gasteiger partial charge in [-0.15, -0.1) is 24.8 Å². The number of nitrogens with one attached hydrogen (secondary N) is 1. The van der Waals surface area contributed by atoms with Gasteiger partial charge in [-0.1, -0.05) is 36.4 Å². The summed E-state index contributed by atoms with van der Waals surface area (Å²) in [7, 11) is 0. The second-order valence-corrected chi connectivity index (χ2v) is 6.74. The van der Waals surface area contributed by atoms with Gasteiger partial charge in [-0.3, -0.25) is 4.90 Å². The van der Waals surface area contributed by atoms with E-state index in [-0.39, 0.29) is 36.3 Å². The largest absolute Gasteiger partial charge is 0.391 e. The fourth-order valence-corrected chi connectivity index (χ4v) is 4.33. The number of piperidine rings is 2. The molecule has 3 aliphatic rings. The van der Waals surface area contributed by atoms with Crippen LogP contribution >= 0.6 is 24.8 Å². The second-order valence-electron chi connectivity index (χ2n) is 6.74. The highest BCUT2D eigenvalue weighted by atomic mass is 35.5. The fraction of sp³-hybridized carbons (Fsp3) is 0.556. The van der Waals surface area contributed by atoms with Crippen LogP contribution in [0.5, 0.6) is 0 Å². The number of fused-ring (bicyclic) bond motifs is 2. The smallest absolute Gasteiger partial charge is 0.0719 e. The lowest BCUT2D eigenvalue weighted by Crippen LogP contribution is -2.57. The average molecular weight is 357 g/mol. The molecule has 128 valence electrons. The standard InChI is InChI=1S/C18H24N2O.2ClH/c21-17-6-10-19-13-16(17)20-11-8-18(9-12-20)7-5-14-3-1-2-4-15(14)18;;/h1-5,7,16-17,19,21H,6,8-13H2;2*1H. The molecule has 2 N–H and O–H groups in total. The van der Waals surface area contributed by atoms with E-state index < -0.39 is 0 Å². The van der Waals surface area contributed by atoms with Crippen molar-refractivity contribution in [1.82, 2.24) is 10.2 Å². The summed E-state index contributed by atoms with van der Waals surface area (Å²) in [5, 5.41) is 13.7. The van der Waals surface area contributed by atoms with E-state index >= 15 is 0 Å². The number of benzene rings is 1. The molecule has 23 heavy (non-hydrogen) atoms. The van der Waals surface area contributed by atoms with E-state index in [9.17, 15) is 5.11 Å². The van der Waals surface area contributed by atoms with Gasteiger partial charge in [-0.05, 0) is 50.0 Å². The Balaban J connectivity index is 0.000000960. The van der Waals surface area contributed by atoms with Gasteiger partial charge in [-0.2, -0.15) is 0 Å². The zero-order valence-corrected chi connectivity index (χ0v) is 14.9. The minimum atomic E-state index is -0.160. The van der Waals surface area contributed by atoms with E-state index in [1.165, 1.54) is 24.0 Å². The zero-order chi connectivity index (χ0) is 14.3. The molecule has 2 atom stereocenters. The first-order valence-electron chi connectivity index (χ1n) is 8.20. The minimum absolute atomic E-state index is 0. The van der Waals surface area contributed by atoms with Gasteiger partial charge in [0, 0.05) is 18.0 Å². The summed E-state index contributed by atoms with van der Waals surface area (Å²) in [6.45, 7) is 4.05. The van der Waals surface area contributed by atoms with Crippen molar-refractivity contribution in [2.45, 2.75) is 36.8 Å². The lowest BCUT2D eigenvalue weighted by atomic mass is 9.74. The van der Waals surface area contributed by atoms with Crippen molar-refractivity contribution in [2.24, 2.45) is 0 Å². The number of aliphatic hydroxyl groups is 1. The first-order valence-corrected chi connectivity index (χ1v) is 8.20. The maximum Gasteiger partial charge on any atom is 0.0719 e. The van der Waals surface area contributed by atoms with Crippen LogP contribution in [-0.4, -0.2) is 48.3 Å². The van der Waals surface area contributed by atoms with Gasteiger partial charge in [0.15, 0.2) is 0 Å². The third-order valence-corrected chi connectivity index (χ3v) is 5.65. The summed E-state index contributed by atoms with van der Waals surface area (Å²) < 4.78 is 0. The quantitative estimate of drug-likeness (QED) is 0.811. The van der Waals surface area contributed by atoms with Gasteiger partial charge in [0.05, 0.1) is 6.10 Å². The van der Waals surface area contributed by atoms with E-state index in [1.807, 2.05) is 0 Å². The zero-order valence-electron chi connectivity index (χ0n) is 13.3. The van der Waals surface area contributed by atoms with Crippen LogP contribution < -0.4 is 5.32 Å². The van der Waals surface area contributed by atoms with E-state index in [2.05, 4.69) is 46.6 Å². The highest BCUT2D eigenvalue weighted by Gasteiger charge is 2.40. The molecule has 1 aliphatic carbocycles. The molecule has 2 unspecified atom stereocenters. The Labute approximate surface area is 151 Å². The predicted molar refractivity (Wildman–Crippen MR) is 99.7 cm³/mol. The summed E-state index contributed by atoms with van der Waals surface area (Å²) in [5.74, 6) is 0. The molecule has 1 spiro atoms. The topological polar surface area (TPSA) is 35.5 Å². The first kappa shape index (κ1) is 18.8. The molecular formula is C18H26Cl2N2O. The monoisotopic (exact) mass is 356 g/mol. The van der Waals surface area contributed by atoms with E-state index in [1.54, 1.807) is 0 Å². The Hall–Kier alpha value is -0.580. The maximum absolute atomic E-state index is 10.2. The molecule has 0 radical (unpaired) electrons. The molecule has 0 amide bonds. The van der Waals surface area contributed by atoms with E-state index in [0.717, 1.165) is 32.6 Å². The third-order valence-electron chi connectivity index (χ3n) is 5.65. The summed E-state index contributed by atoms with van der Waals surface area (Å²) >= 11 is 0. The normalized spacial score (nSPS) is 28.7. The summed E-state index contributed by atoms with van der Waals surface area (Å²) in [6, 6.07) is 9.11. The van der Waals surface area contributed by atoms with Crippen molar-refractivity contribution >= 4 is 30.9 Å². The number of hydrogen-bond acceptors (Lipinski definition) is 3. The molecule has 2 fully saturated rings. The number of hydrogen-bond donors (Lipinski definition) is 2. The Morgan fingerprint density at radius 3 is 2.61 bits per heavy atom. The lowest BCUT2D eigenvalue weighted by Gasteiger charge is -2.45. The third kappa shape index (κ3) is 3.31. The van der Waals surface area contributed by atoms with Crippen LogP contribution in [0.2, 0.25) is 0 Å². The van der Waals surface area contributed by atoms with Gasteiger partial charge < -0.3 is 10.4 Å². The van der Waals surface area contributed by atoms with Crippen molar-refractivity contribution in [3.63, 3.8) is 0 Å². The van der Waals surface area contributed by atoms with Crippen molar-refractivity contribution in [3.05, 3.63) is 41.5 Å². The summed E-state index contributed by atoms with van der Waals surface area (Å²) in [6.07, 6.45) is 7.78. The fourth-order valence-electron chi connectivity index (χ4n) is 4.33. The van der Waals surface area contributed by atoms with Crippen LogP contribution in [0.4, 0.5) is 0 Å². The van der Waals surface area contributed by atoms with E-state index in [0.29, 0.717) is 6.04 Å². The maximum atomic E-state index is 10.2. The molecule has 1 aromatic carbocycles. The van der Waals surface area contributed by atoms with Crippen molar-refractivity contribution in [3.8, 4) is 0 Å². The minimum Gasteiger partial charge on any atom is -0.391 e. The Bertz CT molecular complexity index is 556. The van der Waals surface area contributed by atoms with Crippen LogP contribution in [0.3, 0.4) is 0 Å². The molecule has 2 saturated heterocycles. The number of allylic oxidation sites excluding steroid dienone is 1. The molecule has 4 rings (SSSR count). The number of likely N-dealkylation sites (tertiary alicyclic amines) is 1. The lowest BCUT2D eigenvalue weighted by molar-refractivity contribution is 0.0116. The molecule has 0 saturated carbocycles. The summed E-state index contributed by atoms with van der Waals surface area (Å²) in [4.78, 5) is 2.50. The number of rotatable bonds is 1. The molecule has 2 aliphatic heterocycles. The van der Waals surface area contributed by atoms with Crippen LogP contribution in [0.1, 0.15) is 30.4 Å². The molecule has 3 nitrogen and oxygen atoms in total. The Kier molecular flexibility index (Phi) is 6.15. The molecule has 1 aromatic rings. The van der Waals surface area contributed by atoms with E-state index in [4.69, 9.17) is 0 Å². The Morgan fingerprint density at radius 2 is 1.87 bits per heavy atom. The molecular weight excluding hydrogens is 331 g/mol. The Morgan fingerprint density at radius 1 is 1.13 bits per heavy atom. The molecule has 5 heteroatoms. The van der Waals surface area contributed by atoms with Crippen molar-refractivity contribution in [2.75, 3.05) is 26.2 Å². The van der Waals surface area contributed by atoms with Crippen molar-refractivity contribution < 1.29 is 5.11 Å². The van der Waals surface area contributed by atoms with Gasteiger partial charge >= 0.3 is 0 Å². The highest BCUT2D eigenvalue weighted by Crippen LogP contribution is 2.44. The SMILES string of the molecule is Cl.Cl.OC1CCNCC1N1CCC2(C=Cc3ccccc32)CC1. The number of halogens is 2. The van der Waals surface area contributed by atoms with Gasteiger partial charge in [-0.25, -0.2) is 0 Å².